The van der Waals surface area contributed by atoms with Gasteiger partial charge in [0.1, 0.15) is 12.1 Å². The Labute approximate surface area is 77.6 Å². The van der Waals surface area contributed by atoms with E-state index in [-0.39, 0.29) is 6.54 Å². The van der Waals surface area contributed by atoms with E-state index in [9.17, 15) is 9.59 Å². The molecule has 1 amide bonds. The fourth-order valence-electron chi connectivity index (χ4n) is 0.581. The second-order valence-electron chi connectivity index (χ2n) is 3.41. The van der Waals surface area contributed by atoms with Crippen molar-refractivity contribution >= 4 is 11.9 Å². The van der Waals surface area contributed by atoms with E-state index in [1.165, 1.54) is 0 Å². The highest BCUT2D eigenvalue weighted by molar-refractivity contribution is 5.94. The summed E-state index contributed by atoms with van der Waals surface area (Å²) in [7, 11) is 0. The molecule has 0 unspecified atom stereocenters. The highest BCUT2D eigenvalue weighted by Crippen LogP contribution is 2.05. The van der Waals surface area contributed by atoms with E-state index in [1.807, 2.05) is 5.92 Å². The molecule has 0 bridgehead atoms. The topological polar surface area (TPSA) is 55.4 Å². The maximum Gasteiger partial charge on any atom is 0.325 e. The molecule has 0 aromatic carbocycles. The number of hydrogen-bond acceptors (Lipinski definition) is 3. The summed E-state index contributed by atoms with van der Waals surface area (Å²) in [6, 6.07) is 0. The normalized spacial score (nSPS) is 10.0. The second-order valence-corrected chi connectivity index (χ2v) is 3.41. The fraction of sp³-hybridized carbons (Fsp3) is 0.556. The van der Waals surface area contributed by atoms with Crippen LogP contribution >= 0.6 is 0 Å². The van der Waals surface area contributed by atoms with Crippen LogP contribution in [0.4, 0.5) is 0 Å². The van der Waals surface area contributed by atoms with Crippen molar-refractivity contribution in [1.82, 2.24) is 5.32 Å². The number of carbonyl (C=O) groups is 2. The minimum absolute atomic E-state index is 0.194. The van der Waals surface area contributed by atoms with Crippen LogP contribution in [-0.4, -0.2) is 24.0 Å². The molecule has 72 valence electrons. The van der Waals surface area contributed by atoms with Crippen LogP contribution in [0, 0.1) is 12.3 Å². The van der Waals surface area contributed by atoms with Crippen LogP contribution in [0.5, 0.6) is 0 Å². The molecule has 0 heterocycles. The lowest BCUT2D eigenvalue weighted by molar-refractivity contribution is -0.154. The number of rotatable bonds is 2. The molecule has 13 heavy (non-hydrogen) atoms. The summed E-state index contributed by atoms with van der Waals surface area (Å²) in [5, 5.41) is 2.21. The van der Waals surface area contributed by atoms with Crippen LogP contribution in [0.15, 0.2) is 0 Å². The van der Waals surface area contributed by atoms with Crippen LogP contribution in [0.3, 0.4) is 0 Å². The molecule has 0 rings (SSSR count). The Morgan fingerprint density at radius 1 is 1.46 bits per heavy atom. The van der Waals surface area contributed by atoms with Crippen molar-refractivity contribution in [3.63, 3.8) is 0 Å². The predicted molar refractivity (Wildman–Crippen MR) is 47.7 cm³/mol. The molecule has 0 aromatic heterocycles. The summed E-state index contributed by atoms with van der Waals surface area (Å²) in [6.45, 7) is 5.04. The Balaban J connectivity index is 3.79. The minimum atomic E-state index is -0.620. The molecule has 0 spiro atoms. The van der Waals surface area contributed by atoms with E-state index >= 15 is 0 Å². The summed E-state index contributed by atoms with van der Waals surface area (Å²) in [5.41, 5.74) is -0.544. The van der Waals surface area contributed by atoms with Gasteiger partial charge in [0.25, 0.3) is 5.91 Å². The first-order chi connectivity index (χ1) is 5.85. The Morgan fingerprint density at radius 2 is 2.00 bits per heavy atom. The maximum absolute atomic E-state index is 11.0. The molecule has 0 fully saturated rings. The summed E-state index contributed by atoms with van der Waals surface area (Å²) in [5.74, 6) is 0.702. The van der Waals surface area contributed by atoms with Gasteiger partial charge in [-0.05, 0) is 26.7 Å². The van der Waals surface area contributed by atoms with Crippen LogP contribution in [-0.2, 0) is 14.3 Å². The number of amides is 1. The molecule has 4 heteroatoms. The molecule has 0 radical (unpaired) electrons. The zero-order chi connectivity index (χ0) is 10.5. The average Bonchev–Trinajstić information content (AvgIpc) is 1.97. The van der Waals surface area contributed by atoms with Crippen LogP contribution in [0.2, 0.25) is 0 Å². The van der Waals surface area contributed by atoms with Crippen molar-refractivity contribution in [2.45, 2.75) is 26.4 Å². The van der Waals surface area contributed by atoms with Gasteiger partial charge in [0, 0.05) is 0 Å². The van der Waals surface area contributed by atoms with Crippen molar-refractivity contribution in [2.24, 2.45) is 0 Å². The molecule has 0 saturated heterocycles. The lowest BCUT2D eigenvalue weighted by Crippen LogP contribution is -2.33. The van der Waals surface area contributed by atoms with Crippen molar-refractivity contribution in [1.29, 1.82) is 0 Å². The zero-order valence-electron chi connectivity index (χ0n) is 8.01. The first-order valence-electron chi connectivity index (χ1n) is 3.81. The standard InChI is InChI=1S/C9H13NO3/c1-5-7(11)10-6-8(12)13-9(2,3)4/h1H,6H2,2-4H3,(H,10,11). The second kappa shape index (κ2) is 4.51. The Bertz CT molecular complexity index is 245. The summed E-state index contributed by atoms with van der Waals surface area (Å²) in [6.07, 6.45) is 4.77. The first kappa shape index (κ1) is 11.5. The van der Waals surface area contributed by atoms with Crippen molar-refractivity contribution in [3.05, 3.63) is 0 Å². The Kier molecular flexibility index (Phi) is 3.99. The average molecular weight is 183 g/mol. The predicted octanol–water partition coefficient (Wildman–Crippen LogP) is 0.0775. The highest BCUT2D eigenvalue weighted by atomic mass is 16.6. The van der Waals surface area contributed by atoms with Crippen molar-refractivity contribution < 1.29 is 14.3 Å². The third-order valence-corrected chi connectivity index (χ3v) is 0.944. The number of ether oxygens (including phenoxy) is 1. The van der Waals surface area contributed by atoms with Gasteiger partial charge in [0.2, 0.25) is 0 Å². The van der Waals surface area contributed by atoms with Gasteiger partial charge >= 0.3 is 5.97 Å². The van der Waals surface area contributed by atoms with Gasteiger partial charge in [-0.15, -0.1) is 6.42 Å². The molecule has 0 aromatic rings. The Morgan fingerprint density at radius 3 is 2.38 bits per heavy atom. The molecule has 0 saturated carbocycles. The molecule has 0 atom stereocenters. The van der Waals surface area contributed by atoms with Gasteiger partial charge < -0.3 is 10.1 Å². The van der Waals surface area contributed by atoms with E-state index in [0.717, 1.165) is 0 Å². The summed E-state index contributed by atoms with van der Waals surface area (Å²) in [4.78, 5) is 21.5. The maximum atomic E-state index is 11.0. The van der Waals surface area contributed by atoms with Gasteiger partial charge in [-0.2, -0.15) is 0 Å². The summed E-state index contributed by atoms with van der Waals surface area (Å²) >= 11 is 0. The quantitative estimate of drug-likeness (QED) is 0.487. The molecule has 0 aliphatic carbocycles. The van der Waals surface area contributed by atoms with Gasteiger partial charge in [-0.1, -0.05) is 0 Å². The number of hydrogen-bond donors (Lipinski definition) is 1. The lowest BCUT2D eigenvalue weighted by atomic mass is 10.2. The van der Waals surface area contributed by atoms with E-state index in [0.29, 0.717) is 0 Å². The number of carbonyl (C=O) groups excluding carboxylic acids is 2. The monoisotopic (exact) mass is 183 g/mol. The molecule has 4 nitrogen and oxygen atoms in total. The van der Waals surface area contributed by atoms with E-state index in [2.05, 4.69) is 5.32 Å². The lowest BCUT2D eigenvalue weighted by Gasteiger charge is -2.19. The van der Waals surface area contributed by atoms with Gasteiger partial charge in [-0.3, -0.25) is 9.59 Å². The van der Waals surface area contributed by atoms with Crippen LogP contribution in [0.1, 0.15) is 20.8 Å². The first-order valence-corrected chi connectivity index (χ1v) is 3.81. The molecule has 0 aliphatic rings. The van der Waals surface area contributed by atoms with Gasteiger partial charge in [0.05, 0.1) is 0 Å². The number of terminal acetylenes is 1. The van der Waals surface area contributed by atoms with Crippen molar-refractivity contribution in [3.8, 4) is 12.3 Å². The number of esters is 1. The molecule has 1 N–H and O–H groups in total. The third kappa shape index (κ3) is 6.88. The Hall–Kier alpha value is -1.50. The largest absolute Gasteiger partial charge is 0.459 e. The van der Waals surface area contributed by atoms with Gasteiger partial charge in [0.15, 0.2) is 0 Å². The summed E-state index contributed by atoms with van der Waals surface area (Å²) < 4.78 is 4.91. The zero-order valence-corrected chi connectivity index (χ0v) is 8.01. The minimum Gasteiger partial charge on any atom is -0.459 e. The smallest absolute Gasteiger partial charge is 0.325 e. The van der Waals surface area contributed by atoms with E-state index in [4.69, 9.17) is 11.2 Å². The van der Waals surface area contributed by atoms with Crippen LogP contribution in [0.25, 0.3) is 0 Å². The molecular weight excluding hydrogens is 170 g/mol. The number of nitrogens with one attached hydrogen (secondary N) is 1. The SMILES string of the molecule is C#CC(=O)NCC(=O)OC(C)(C)C. The third-order valence-electron chi connectivity index (χ3n) is 0.944. The van der Waals surface area contributed by atoms with E-state index in [1.54, 1.807) is 20.8 Å². The fourth-order valence-corrected chi connectivity index (χ4v) is 0.581. The van der Waals surface area contributed by atoms with Crippen molar-refractivity contribution in [2.75, 3.05) is 6.54 Å². The molecule has 0 aliphatic heterocycles. The van der Waals surface area contributed by atoms with Crippen LogP contribution < -0.4 is 5.32 Å². The highest BCUT2D eigenvalue weighted by Gasteiger charge is 2.15. The molecular formula is C9H13NO3. The van der Waals surface area contributed by atoms with Gasteiger partial charge in [-0.25, -0.2) is 0 Å². The van der Waals surface area contributed by atoms with E-state index < -0.39 is 17.5 Å².